The largest absolute Gasteiger partial charge is 0.378 e. The van der Waals surface area contributed by atoms with Gasteiger partial charge in [-0.3, -0.25) is 4.79 Å². The zero-order chi connectivity index (χ0) is 14.7. The Morgan fingerprint density at radius 2 is 2.43 bits per heavy atom. The first-order valence-electron chi connectivity index (χ1n) is 6.50. The van der Waals surface area contributed by atoms with Crippen LogP contribution >= 0.6 is 11.6 Å². The van der Waals surface area contributed by atoms with Gasteiger partial charge >= 0.3 is 0 Å². The molecule has 3 rings (SSSR count). The molecule has 1 aliphatic heterocycles. The van der Waals surface area contributed by atoms with Crippen molar-refractivity contribution in [2.75, 3.05) is 25.1 Å². The van der Waals surface area contributed by atoms with Crippen LogP contribution < -0.4 is 10.6 Å². The minimum Gasteiger partial charge on any atom is -0.378 e. The van der Waals surface area contributed by atoms with Crippen LogP contribution in [0.3, 0.4) is 0 Å². The molecule has 1 amide bonds. The van der Waals surface area contributed by atoms with Gasteiger partial charge < -0.3 is 15.4 Å². The number of rotatable bonds is 3. The van der Waals surface area contributed by atoms with Crippen LogP contribution in [0.4, 0.5) is 5.69 Å². The number of halogens is 1. The number of anilines is 1. The molecule has 0 spiro atoms. The van der Waals surface area contributed by atoms with E-state index < -0.39 is 0 Å². The van der Waals surface area contributed by atoms with Crippen LogP contribution in [0.15, 0.2) is 30.9 Å². The fourth-order valence-corrected chi connectivity index (χ4v) is 2.27. The minimum atomic E-state index is -0.374. The lowest BCUT2D eigenvalue weighted by atomic mass is 10.2. The number of carbonyl (C=O) groups is 1. The number of ether oxygens (including phenoxy) is 1. The first kappa shape index (κ1) is 14.0. The molecule has 8 heteroatoms. The van der Waals surface area contributed by atoms with Gasteiger partial charge in [0.15, 0.2) is 0 Å². The molecule has 0 saturated carbocycles. The van der Waals surface area contributed by atoms with E-state index in [1.807, 2.05) is 0 Å². The van der Waals surface area contributed by atoms with Gasteiger partial charge in [0.1, 0.15) is 18.7 Å². The molecule has 1 atom stereocenters. The van der Waals surface area contributed by atoms with Crippen molar-refractivity contribution in [3.05, 3.63) is 35.9 Å². The van der Waals surface area contributed by atoms with Gasteiger partial charge in [0.25, 0.3) is 0 Å². The van der Waals surface area contributed by atoms with Crippen LogP contribution in [0.1, 0.15) is 0 Å². The number of carbonyl (C=O) groups excluding carboxylic acids is 1. The maximum absolute atomic E-state index is 12.3. The Morgan fingerprint density at radius 3 is 3.14 bits per heavy atom. The lowest BCUT2D eigenvalue weighted by Crippen LogP contribution is -2.48. The standard InChI is InChI=1S/C13H14ClN5O2/c14-9-1-2-12(19-8-15-7-17-19)10(5-9)18-13(20)11-6-21-4-3-16-11/h1-2,5,7-8,11,16H,3-4,6H2,(H,18,20). The number of amides is 1. The molecule has 1 saturated heterocycles. The molecule has 21 heavy (non-hydrogen) atoms. The topological polar surface area (TPSA) is 81.1 Å². The van der Waals surface area contributed by atoms with Gasteiger partial charge in [0.2, 0.25) is 5.91 Å². The smallest absolute Gasteiger partial charge is 0.243 e. The molecule has 0 bridgehead atoms. The van der Waals surface area contributed by atoms with Crippen LogP contribution in [-0.2, 0) is 9.53 Å². The van der Waals surface area contributed by atoms with Gasteiger partial charge in [0.05, 0.1) is 24.6 Å². The van der Waals surface area contributed by atoms with Crippen LogP contribution in [0.5, 0.6) is 0 Å². The summed E-state index contributed by atoms with van der Waals surface area (Å²) >= 11 is 6.01. The zero-order valence-electron chi connectivity index (χ0n) is 11.1. The molecule has 1 aromatic carbocycles. The Bertz CT molecular complexity index is 625. The van der Waals surface area contributed by atoms with Crippen molar-refractivity contribution < 1.29 is 9.53 Å². The van der Waals surface area contributed by atoms with Crippen molar-refractivity contribution in [3.8, 4) is 5.69 Å². The lowest BCUT2D eigenvalue weighted by Gasteiger charge is -2.23. The average molecular weight is 308 g/mol. The van der Waals surface area contributed by atoms with Gasteiger partial charge in [-0.1, -0.05) is 11.6 Å². The van der Waals surface area contributed by atoms with Gasteiger partial charge in [-0.25, -0.2) is 9.67 Å². The van der Waals surface area contributed by atoms with Gasteiger partial charge in [-0.2, -0.15) is 5.10 Å². The molecule has 7 nitrogen and oxygen atoms in total. The van der Waals surface area contributed by atoms with Crippen molar-refractivity contribution >= 4 is 23.2 Å². The molecule has 1 aromatic heterocycles. The molecular formula is C13H14ClN5O2. The third kappa shape index (κ3) is 3.21. The van der Waals surface area contributed by atoms with E-state index in [9.17, 15) is 4.79 Å². The van der Waals surface area contributed by atoms with E-state index in [2.05, 4.69) is 20.7 Å². The second-order valence-corrected chi connectivity index (χ2v) is 5.01. The fourth-order valence-electron chi connectivity index (χ4n) is 2.09. The number of nitrogens with zero attached hydrogens (tertiary/aromatic N) is 3. The number of hydrogen-bond acceptors (Lipinski definition) is 5. The van der Waals surface area contributed by atoms with E-state index in [4.69, 9.17) is 16.3 Å². The SMILES string of the molecule is O=C(Nc1cc(Cl)ccc1-n1cncn1)C1COCCN1. The summed E-state index contributed by atoms with van der Waals surface area (Å²) in [5, 5.41) is 10.6. The predicted molar refractivity (Wildman–Crippen MR) is 77.6 cm³/mol. The summed E-state index contributed by atoms with van der Waals surface area (Å²) in [6, 6.07) is 4.81. The fraction of sp³-hybridized carbons (Fsp3) is 0.308. The summed E-state index contributed by atoms with van der Waals surface area (Å²) in [5.74, 6) is -0.168. The molecule has 2 heterocycles. The van der Waals surface area contributed by atoms with E-state index in [1.165, 1.54) is 6.33 Å². The van der Waals surface area contributed by atoms with Gasteiger partial charge in [-0.15, -0.1) is 0 Å². The van der Waals surface area contributed by atoms with E-state index in [1.54, 1.807) is 29.2 Å². The minimum absolute atomic E-state index is 0.168. The third-order valence-electron chi connectivity index (χ3n) is 3.12. The summed E-state index contributed by atoms with van der Waals surface area (Å²) in [5.41, 5.74) is 1.27. The van der Waals surface area contributed by atoms with Crippen LogP contribution in [0.25, 0.3) is 5.69 Å². The van der Waals surface area contributed by atoms with E-state index in [-0.39, 0.29) is 11.9 Å². The summed E-state index contributed by atoms with van der Waals surface area (Å²) in [7, 11) is 0. The van der Waals surface area contributed by atoms with Crippen molar-refractivity contribution in [3.63, 3.8) is 0 Å². The van der Waals surface area contributed by atoms with Crippen molar-refractivity contribution in [1.29, 1.82) is 0 Å². The summed E-state index contributed by atoms with van der Waals surface area (Å²) < 4.78 is 6.86. The molecule has 2 N–H and O–H groups in total. The third-order valence-corrected chi connectivity index (χ3v) is 3.36. The molecule has 110 valence electrons. The van der Waals surface area contributed by atoms with Crippen molar-refractivity contribution in [1.82, 2.24) is 20.1 Å². The quantitative estimate of drug-likeness (QED) is 0.878. The van der Waals surface area contributed by atoms with E-state index in [0.29, 0.717) is 36.2 Å². The monoisotopic (exact) mass is 307 g/mol. The second kappa shape index (κ2) is 6.21. The molecule has 0 aliphatic carbocycles. The Hall–Kier alpha value is -1.96. The highest BCUT2D eigenvalue weighted by atomic mass is 35.5. The highest BCUT2D eigenvalue weighted by molar-refractivity contribution is 6.31. The molecule has 2 aromatic rings. The summed E-state index contributed by atoms with van der Waals surface area (Å²) in [6.45, 7) is 1.62. The van der Waals surface area contributed by atoms with E-state index >= 15 is 0 Å². The maximum Gasteiger partial charge on any atom is 0.243 e. The van der Waals surface area contributed by atoms with Crippen molar-refractivity contribution in [2.45, 2.75) is 6.04 Å². The average Bonchev–Trinajstić information content (AvgIpc) is 3.02. The van der Waals surface area contributed by atoms with Crippen LogP contribution in [0, 0.1) is 0 Å². The second-order valence-electron chi connectivity index (χ2n) is 4.57. The number of morpholine rings is 1. The summed E-state index contributed by atoms with van der Waals surface area (Å²) in [6.07, 6.45) is 2.98. The predicted octanol–water partition coefficient (Wildman–Crippen LogP) is 0.848. The lowest BCUT2D eigenvalue weighted by molar-refractivity contribution is -0.120. The van der Waals surface area contributed by atoms with Crippen LogP contribution in [0.2, 0.25) is 5.02 Å². The highest BCUT2D eigenvalue weighted by Gasteiger charge is 2.22. The maximum atomic E-state index is 12.3. The Labute approximate surface area is 126 Å². The Balaban J connectivity index is 1.84. The number of nitrogens with one attached hydrogen (secondary N) is 2. The molecule has 1 fully saturated rings. The zero-order valence-corrected chi connectivity index (χ0v) is 11.9. The van der Waals surface area contributed by atoms with Gasteiger partial charge in [0, 0.05) is 11.6 Å². The molecule has 1 unspecified atom stereocenters. The highest BCUT2D eigenvalue weighted by Crippen LogP contribution is 2.24. The normalized spacial score (nSPS) is 18.4. The Morgan fingerprint density at radius 1 is 1.52 bits per heavy atom. The Kier molecular flexibility index (Phi) is 4.14. The molecule has 1 aliphatic rings. The number of benzene rings is 1. The first-order valence-corrected chi connectivity index (χ1v) is 6.88. The number of aromatic nitrogens is 3. The number of hydrogen-bond donors (Lipinski definition) is 2. The van der Waals surface area contributed by atoms with Crippen molar-refractivity contribution in [2.24, 2.45) is 0 Å². The molecular weight excluding hydrogens is 294 g/mol. The van der Waals surface area contributed by atoms with Gasteiger partial charge in [-0.05, 0) is 18.2 Å². The van der Waals surface area contributed by atoms with Crippen LogP contribution in [-0.4, -0.2) is 46.5 Å². The summed E-state index contributed by atoms with van der Waals surface area (Å²) in [4.78, 5) is 16.2. The molecule has 0 radical (unpaired) electrons. The first-order chi connectivity index (χ1) is 10.2. The van der Waals surface area contributed by atoms with E-state index in [0.717, 1.165) is 0 Å².